The van der Waals surface area contributed by atoms with Gasteiger partial charge in [-0.2, -0.15) is 5.10 Å². The Morgan fingerprint density at radius 3 is 2.56 bits per heavy atom. The quantitative estimate of drug-likeness (QED) is 0.441. The van der Waals surface area contributed by atoms with Crippen LogP contribution in [-0.4, -0.2) is 38.2 Å². The summed E-state index contributed by atoms with van der Waals surface area (Å²) in [5.41, 5.74) is 4.69. The Morgan fingerprint density at radius 2 is 1.88 bits per heavy atom. The molecule has 1 aromatic heterocycles. The van der Waals surface area contributed by atoms with E-state index in [0.717, 1.165) is 36.2 Å². The number of carboxylic acid groups (broad SMARTS) is 1. The standard InChI is InChI=1S/C26H27FN2O4.Na/c27-18-9-11-19(12-10-18)29-24(14-13-20(30)15-21(31)16-25(32)33)23-8-4-7-22(26(23)28-29)17-5-2-1-3-6-17;/h1-3,5-6,9-14,20-22,30-31H,4,7-8,15-16H2,(H,32,33);/q;+1/p-1/b14-13+;/t20-,21-,22?;/m1./s1. The van der Waals surface area contributed by atoms with Gasteiger partial charge in [0.25, 0.3) is 0 Å². The molecule has 0 amide bonds. The van der Waals surface area contributed by atoms with Gasteiger partial charge in [0, 0.05) is 30.3 Å². The van der Waals surface area contributed by atoms with E-state index in [0.29, 0.717) is 5.69 Å². The van der Waals surface area contributed by atoms with E-state index < -0.39 is 24.6 Å². The summed E-state index contributed by atoms with van der Waals surface area (Å²) < 4.78 is 15.3. The summed E-state index contributed by atoms with van der Waals surface area (Å²) in [4.78, 5) is 10.7. The van der Waals surface area contributed by atoms with E-state index in [9.17, 15) is 24.5 Å². The smallest absolute Gasteiger partial charge is 0.550 e. The second-order valence-corrected chi connectivity index (χ2v) is 8.38. The van der Waals surface area contributed by atoms with Crippen molar-refractivity contribution in [1.82, 2.24) is 9.78 Å². The summed E-state index contributed by atoms with van der Waals surface area (Å²) in [5.74, 6) is -1.57. The maximum atomic E-state index is 13.5. The summed E-state index contributed by atoms with van der Waals surface area (Å²) in [6, 6.07) is 16.3. The first-order valence-corrected chi connectivity index (χ1v) is 11.1. The zero-order chi connectivity index (χ0) is 23.4. The maximum absolute atomic E-state index is 13.5. The number of benzene rings is 2. The number of nitrogens with zero attached hydrogens (tertiary/aromatic N) is 2. The molecule has 2 aromatic carbocycles. The Labute approximate surface area is 220 Å². The van der Waals surface area contributed by atoms with Crippen LogP contribution in [0.1, 0.15) is 54.1 Å². The average Bonchev–Trinajstić information content (AvgIpc) is 3.17. The predicted octanol–water partition coefficient (Wildman–Crippen LogP) is -0.251. The fourth-order valence-electron chi connectivity index (χ4n) is 4.43. The van der Waals surface area contributed by atoms with Gasteiger partial charge in [0.15, 0.2) is 0 Å². The molecule has 172 valence electrons. The summed E-state index contributed by atoms with van der Waals surface area (Å²) in [7, 11) is 0. The third-order valence-electron chi connectivity index (χ3n) is 5.97. The van der Waals surface area contributed by atoms with Crippen molar-refractivity contribution < 1.29 is 54.1 Å². The largest absolute Gasteiger partial charge is 1.00 e. The number of aliphatic carboxylic acids is 1. The third kappa shape index (κ3) is 6.23. The van der Waals surface area contributed by atoms with Crippen LogP contribution in [-0.2, 0) is 11.2 Å². The Balaban J connectivity index is 0.00000324. The van der Waals surface area contributed by atoms with Gasteiger partial charge >= 0.3 is 29.6 Å². The molecule has 1 heterocycles. The molecular weight excluding hydrogens is 446 g/mol. The first kappa shape index (κ1) is 26.3. The molecule has 1 aliphatic rings. The minimum Gasteiger partial charge on any atom is -0.550 e. The molecule has 4 rings (SSSR count). The molecular formula is C26H26FN2NaO4. The SMILES string of the molecule is O=C([O-])C[C@H](O)C[C@H](O)/C=C/c1c2c(nn1-c1ccc(F)cc1)C(c1ccccc1)CCC2.[Na+]. The van der Waals surface area contributed by atoms with Crippen LogP contribution in [0.5, 0.6) is 0 Å². The van der Waals surface area contributed by atoms with Gasteiger partial charge in [-0.15, -0.1) is 0 Å². The number of carboxylic acids is 1. The third-order valence-corrected chi connectivity index (χ3v) is 5.97. The summed E-state index contributed by atoms with van der Waals surface area (Å²) >= 11 is 0. The first-order chi connectivity index (χ1) is 15.9. The molecule has 3 atom stereocenters. The van der Waals surface area contributed by atoms with Gasteiger partial charge in [0.2, 0.25) is 0 Å². The monoisotopic (exact) mass is 472 g/mol. The van der Waals surface area contributed by atoms with E-state index in [2.05, 4.69) is 12.1 Å². The molecule has 0 saturated heterocycles. The van der Waals surface area contributed by atoms with Crippen molar-refractivity contribution in [3.05, 3.63) is 89.0 Å². The number of rotatable bonds is 8. The Morgan fingerprint density at radius 1 is 1.18 bits per heavy atom. The molecule has 34 heavy (non-hydrogen) atoms. The summed E-state index contributed by atoms with van der Waals surface area (Å²) in [5, 5.41) is 35.7. The van der Waals surface area contributed by atoms with Crippen LogP contribution in [0, 0.1) is 5.82 Å². The van der Waals surface area contributed by atoms with Gasteiger partial charge in [-0.1, -0.05) is 36.4 Å². The van der Waals surface area contributed by atoms with E-state index in [1.807, 2.05) is 18.2 Å². The topological polar surface area (TPSA) is 98.4 Å². The molecule has 8 heteroatoms. The van der Waals surface area contributed by atoms with Crippen molar-refractivity contribution in [2.75, 3.05) is 0 Å². The summed E-state index contributed by atoms with van der Waals surface area (Å²) in [6.07, 6.45) is 3.15. The molecule has 6 nitrogen and oxygen atoms in total. The predicted molar refractivity (Wildman–Crippen MR) is 120 cm³/mol. The zero-order valence-corrected chi connectivity index (χ0v) is 21.1. The Bertz CT molecular complexity index is 1130. The van der Waals surface area contributed by atoms with Crippen LogP contribution < -0.4 is 34.7 Å². The van der Waals surface area contributed by atoms with E-state index in [1.165, 1.54) is 23.8 Å². The molecule has 1 aliphatic carbocycles. The van der Waals surface area contributed by atoms with Gasteiger partial charge in [-0.05, 0) is 55.2 Å². The molecule has 3 aromatic rings. The molecule has 0 bridgehead atoms. The van der Waals surface area contributed by atoms with Gasteiger partial charge in [-0.3, -0.25) is 0 Å². The number of hydrogen-bond donors (Lipinski definition) is 2. The van der Waals surface area contributed by atoms with E-state index in [-0.39, 0.29) is 47.7 Å². The molecule has 1 unspecified atom stereocenters. The number of aromatic nitrogens is 2. The molecule has 0 aliphatic heterocycles. The number of aliphatic hydroxyl groups excluding tert-OH is 2. The van der Waals surface area contributed by atoms with Gasteiger partial charge in [0.05, 0.1) is 29.3 Å². The van der Waals surface area contributed by atoms with E-state index in [1.54, 1.807) is 22.9 Å². The van der Waals surface area contributed by atoms with Crippen molar-refractivity contribution in [1.29, 1.82) is 0 Å². The van der Waals surface area contributed by atoms with Gasteiger partial charge < -0.3 is 20.1 Å². The van der Waals surface area contributed by atoms with Crippen molar-refractivity contribution in [2.45, 2.75) is 50.2 Å². The zero-order valence-electron chi connectivity index (χ0n) is 19.1. The van der Waals surface area contributed by atoms with Crippen molar-refractivity contribution in [3.8, 4) is 5.69 Å². The second kappa shape index (κ2) is 11.9. The molecule has 2 N–H and O–H groups in total. The molecule has 0 radical (unpaired) electrons. The van der Waals surface area contributed by atoms with Crippen LogP contribution in [0.25, 0.3) is 11.8 Å². The van der Waals surface area contributed by atoms with Crippen LogP contribution in [0.15, 0.2) is 60.7 Å². The van der Waals surface area contributed by atoms with Gasteiger partial charge in [-0.25, -0.2) is 9.07 Å². The molecule has 0 fully saturated rings. The Kier molecular flexibility index (Phi) is 9.22. The minimum atomic E-state index is -1.37. The molecule has 0 spiro atoms. The average molecular weight is 472 g/mol. The summed E-state index contributed by atoms with van der Waals surface area (Å²) in [6.45, 7) is 0. The normalized spacial score (nSPS) is 17.1. The number of halogens is 1. The van der Waals surface area contributed by atoms with Crippen LogP contribution in [0.2, 0.25) is 0 Å². The number of hydrogen-bond acceptors (Lipinski definition) is 5. The molecule has 0 saturated carbocycles. The van der Waals surface area contributed by atoms with E-state index >= 15 is 0 Å². The fraction of sp³-hybridized carbons (Fsp3) is 0.308. The number of aliphatic hydroxyl groups is 2. The van der Waals surface area contributed by atoms with Crippen molar-refractivity contribution >= 4 is 12.0 Å². The Hall–Kier alpha value is -2.29. The van der Waals surface area contributed by atoms with Crippen molar-refractivity contribution in [3.63, 3.8) is 0 Å². The number of carbonyl (C=O) groups is 1. The van der Waals surface area contributed by atoms with Crippen LogP contribution >= 0.6 is 0 Å². The fourth-order valence-corrected chi connectivity index (χ4v) is 4.43. The maximum Gasteiger partial charge on any atom is 1.00 e. The minimum absolute atomic E-state index is 0. The van der Waals surface area contributed by atoms with Crippen LogP contribution in [0.3, 0.4) is 0 Å². The first-order valence-electron chi connectivity index (χ1n) is 11.1. The number of carbonyl (C=O) groups excluding carboxylic acids is 1. The number of fused-ring (bicyclic) bond motifs is 1. The van der Waals surface area contributed by atoms with Crippen molar-refractivity contribution in [2.24, 2.45) is 0 Å². The van der Waals surface area contributed by atoms with E-state index in [4.69, 9.17) is 5.10 Å². The van der Waals surface area contributed by atoms with Gasteiger partial charge in [0.1, 0.15) is 5.82 Å². The van der Waals surface area contributed by atoms with Crippen LogP contribution in [0.4, 0.5) is 4.39 Å². The second-order valence-electron chi connectivity index (χ2n) is 8.38.